The number of anilines is 1. The zero-order valence-corrected chi connectivity index (χ0v) is 15.2. The van der Waals surface area contributed by atoms with Crippen molar-refractivity contribution in [3.05, 3.63) is 54.1 Å². The molecule has 132 valence electrons. The summed E-state index contributed by atoms with van der Waals surface area (Å²) < 4.78 is 4.96. The summed E-state index contributed by atoms with van der Waals surface area (Å²) >= 11 is 2.94. The van der Waals surface area contributed by atoms with Gasteiger partial charge < -0.3 is 15.4 Å². The second kappa shape index (κ2) is 10.5. The van der Waals surface area contributed by atoms with Crippen LogP contribution in [0.15, 0.2) is 53.3 Å². The van der Waals surface area contributed by atoms with Gasteiger partial charge in [-0.15, -0.1) is 29.7 Å². The van der Waals surface area contributed by atoms with Crippen LogP contribution in [-0.2, 0) is 9.53 Å². The van der Waals surface area contributed by atoms with Crippen LogP contribution in [0, 0.1) is 0 Å². The molecule has 0 atom stereocenters. The molecule has 1 amide bonds. The van der Waals surface area contributed by atoms with Crippen LogP contribution in [0.25, 0.3) is 0 Å². The van der Waals surface area contributed by atoms with Gasteiger partial charge in [0, 0.05) is 29.1 Å². The second-order valence-corrected chi connectivity index (χ2v) is 6.82. The number of rotatable bonds is 10. The number of hydrogen-bond acceptors (Lipinski definition) is 7. The predicted octanol–water partition coefficient (Wildman–Crippen LogP) is 2.81. The fraction of sp³-hybridized carbons (Fsp3) is 0.235. The number of nitrogens with one attached hydrogen (secondary N) is 2. The van der Waals surface area contributed by atoms with Crippen molar-refractivity contribution in [1.29, 1.82) is 0 Å². The Hall–Kier alpha value is -2.32. The number of thiazole rings is 1. The van der Waals surface area contributed by atoms with Gasteiger partial charge >= 0.3 is 5.97 Å². The molecule has 0 aliphatic heterocycles. The lowest BCUT2D eigenvalue weighted by Crippen LogP contribution is -2.30. The highest BCUT2D eigenvalue weighted by molar-refractivity contribution is 7.99. The molecule has 25 heavy (non-hydrogen) atoms. The number of esters is 1. The number of aromatic nitrogens is 1. The first kappa shape index (κ1) is 19.0. The van der Waals surface area contributed by atoms with Gasteiger partial charge in [-0.25, -0.2) is 9.78 Å². The van der Waals surface area contributed by atoms with E-state index in [1.807, 2.05) is 30.3 Å². The highest BCUT2D eigenvalue weighted by Gasteiger charge is 2.13. The highest BCUT2D eigenvalue weighted by Crippen LogP contribution is 2.16. The molecule has 0 unspecified atom stereocenters. The minimum absolute atomic E-state index is 0.184. The predicted molar refractivity (Wildman–Crippen MR) is 101 cm³/mol. The lowest BCUT2D eigenvalue weighted by molar-refractivity contribution is -0.124. The van der Waals surface area contributed by atoms with E-state index in [4.69, 9.17) is 4.74 Å². The Balaban J connectivity index is 1.63. The molecule has 8 heteroatoms. The number of thioether (sulfide) groups is 1. The van der Waals surface area contributed by atoms with E-state index >= 15 is 0 Å². The fourth-order valence-electron chi connectivity index (χ4n) is 1.74. The monoisotopic (exact) mass is 377 g/mol. The Kier molecular flexibility index (Phi) is 8.00. The maximum atomic E-state index is 11.8. The number of nitrogens with zero attached hydrogens (tertiary/aromatic N) is 1. The van der Waals surface area contributed by atoms with E-state index in [1.165, 1.54) is 11.3 Å². The van der Waals surface area contributed by atoms with E-state index in [9.17, 15) is 9.59 Å². The fourth-order valence-corrected chi connectivity index (χ4v) is 3.22. The number of hydrogen-bond donors (Lipinski definition) is 2. The highest BCUT2D eigenvalue weighted by atomic mass is 32.2. The molecule has 0 saturated heterocycles. The largest absolute Gasteiger partial charge is 0.451 e. The number of benzene rings is 1. The Morgan fingerprint density at radius 1 is 1.32 bits per heavy atom. The van der Waals surface area contributed by atoms with Crippen LogP contribution in [-0.4, -0.2) is 42.3 Å². The van der Waals surface area contributed by atoms with E-state index < -0.39 is 5.97 Å². The average molecular weight is 377 g/mol. The molecule has 0 bridgehead atoms. The van der Waals surface area contributed by atoms with Gasteiger partial charge in [0.15, 0.2) is 17.4 Å². The molecule has 0 spiro atoms. The average Bonchev–Trinajstić information content (AvgIpc) is 3.11. The zero-order valence-electron chi connectivity index (χ0n) is 13.6. The molecule has 0 radical (unpaired) electrons. The van der Waals surface area contributed by atoms with Gasteiger partial charge in [-0.1, -0.05) is 24.3 Å². The summed E-state index contributed by atoms with van der Waals surface area (Å²) in [7, 11) is 0. The molecule has 1 aromatic carbocycles. The topological polar surface area (TPSA) is 80.3 Å². The summed E-state index contributed by atoms with van der Waals surface area (Å²) in [6.07, 6.45) is 1.69. The summed E-state index contributed by atoms with van der Waals surface area (Å²) in [5, 5.41) is 7.89. The maximum Gasteiger partial charge on any atom is 0.358 e. The van der Waals surface area contributed by atoms with Gasteiger partial charge in [-0.2, -0.15) is 0 Å². The molecule has 2 rings (SSSR count). The molecule has 1 heterocycles. The SMILES string of the molecule is C=CCNc1nc(C(=O)OCC(=O)NCCSc2ccccc2)cs1. The summed E-state index contributed by atoms with van der Waals surface area (Å²) in [6.45, 7) is 4.34. The van der Waals surface area contributed by atoms with Crippen LogP contribution in [0.3, 0.4) is 0 Å². The first-order valence-electron chi connectivity index (χ1n) is 7.61. The van der Waals surface area contributed by atoms with Crippen molar-refractivity contribution >= 4 is 40.1 Å². The Labute approximate surface area is 154 Å². The summed E-state index contributed by atoms with van der Waals surface area (Å²) in [4.78, 5) is 28.8. The quantitative estimate of drug-likeness (QED) is 0.287. The molecule has 2 N–H and O–H groups in total. The molecular formula is C17H19N3O3S2. The van der Waals surface area contributed by atoms with Crippen molar-refractivity contribution in [2.24, 2.45) is 0 Å². The Morgan fingerprint density at radius 3 is 2.88 bits per heavy atom. The first-order chi connectivity index (χ1) is 12.2. The van der Waals surface area contributed by atoms with Crippen LogP contribution >= 0.6 is 23.1 Å². The number of carbonyl (C=O) groups excluding carboxylic acids is 2. The minimum Gasteiger partial charge on any atom is -0.451 e. The van der Waals surface area contributed by atoms with Crippen LogP contribution in [0.2, 0.25) is 0 Å². The van der Waals surface area contributed by atoms with Crippen LogP contribution < -0.4 is 10.6 Å². The second-order valence-electron chi connectivity index (χ2n) is 4.80. The molecule has 2 aromatic rings. The van der Waals surface area contributed by atoms with Gasteiger partial charge in [-0.3, -0.25) is 4.79 Å². The third kappa shape index (κ3) is 6.98. The third-order valence-corrected chi connectivity index (χ3v) is 4.70. The summed E-state index contributed by atoms with van der Waals surface area (Å²) in [6, 6.07) is 9.93. The van der Waals surface area contributed by atoms with E-state index in [0.717, 1.165) is 10.6 Å². The Morgan fingerprint density at radius 2 is 2.12 bits per heavy atom. The normalized spacial score (nSPS) is 10.1. The smallest absolute Gasteiger partial charge is 0.358 e. The van der Waals surface area contributed by atoms with Crippen molar-refractivity contribution < 1.29 is 14.3 Å². The Bertz CT molecular complexity index is 704. The molecule has 0 saturated carbocycles. The zero-order chi connectivity index (χ0) is 17.9. The van der Waals surface area contributed by atoms with Crippen molar-refractivity contribution in [2.75, 3.05) is 30.8 Å². The molecule has 6 nitrogen and oxygen atoms in total. The lowest BCUT2D eigenvalue weighted by Gasteiger charge is -2.06. The van der Waals surface area contributed by atoms with Crippen LogP contribution in [0.5, 0.6) is 0 Å². The molecule has 0 aliphatic rings. The minimum atomic E-state index is -0.614. The van der Waals surface area contributed by atoms with Gasteiger partial charge in [0.2, 0.25) is 0 Å². The lowest BCUT2D eigenvalue weighted by atomic mass is 10.4. The van der Waals surface area contributed by atoms with E-state index in [2.05, 4.69) is 22.2 Å². The van der Waals surface area contributed by atoms with Crippen molar-refractivity contribution in [3.63, 3.8) is 0 Å². The van der Waals surface area contributed by atoms with E-state index in [-0.39, 0.29) is 18.2 Å². The molecule has 0 fully saturated rings. The van der Waals surface area contributed by atoms with Crippen LogP contribution in [0.1, 0.15) is 10.5 Å². The standard InChI is InChI=1S/C17H19N3O3S2/c1-2-8-19-17-20-14(12-25-17)16(22)23-11-15(21)18-9-10-24-13-6-4-3-5-7-13/h2-7,12H,1,8-11H2,(H,18,21)(H,19,20). The number of ether oxygens (including phenoxy) is 1. The number of carbonyl (C=O) groups is 2. The number of amides is 1. The van der Waals surface area contributed by atoms with Gasteiger partial charge in [-0.05, 0) is 12.1 Å². The van der Waals surface area contributed by atoms with Crippen molar-refractivity contribution in [2.45, 2.75) is 4.90 Å². The summed E-state index contributed by atoms with van der Waals surface area (Å²) in [5.41, 5.74) is 0.184. The van der Waals surface area contributed by atoms with E-state index in [0.29, 0.717) is 18.2 Å². The van der Waals surface area contributed by atoms with Crippen molar-refractivity contribution in [1.82, 2.24) is 10.3 Å². The van der Waals surface area contributed by atoms with Gasteiger partial charge in [0.1, 0.15) is 0 Å². The molecular weight excluding hydrogens is 358 g/mol. The van der Waals surface area contributed by atoms with Crippen molar-refractivity contribution in [3.8, 4) is 0 Å². The molecule has 1 aromatic heterocycles. The summed E-state index contributed by atoms with van der Waals surface area (Å²) in [5.74, 6) is -0.201. The van der Waals surface area contributed by atoms with E-state index in [1.54, 1.807) is 23.2 Å². The third-order valence-electron chi connectivity index (χ3n) is 2.88. The van der Waals surface area contributed by atoms with Crippen LogP contribution in [0.4, 0.5) is 5.13 Å². The first-order valence-corrected chi connectivity index (χ1v) is 9.47. The van der Waals surface area contributed by atoms with Gasteiger partial charge in [0.05, 0.1) is 0 Å². The molecule has 0 aliphatic carbocycles. The maximum absolute atomic E-state index is 11.8. The van der Waals surface area contributed by atoms with Gasteiger partial charge in [0.25, 0.3) is 5.91 Å².